The monoisotopic (exact) mass is 290 g/mol. The molecule has 0 heterocycles. The van der Waals surface area contributed by atoms with E-state index in [0.29, 0.717) is 0 Å². The summed E-state index contributed by atoms with van der Waals surface area (Å²) in [6, 6.07) is 0. The van der Waals surface area contributed by atoms with Gasteiger partial charge in [0.25, 0.3) is 0 Å². The van der Waals surface area contributed by atoms with Gasteiger partial charge < -0.3 is 0 Å². The molecule has 3 aliphatic rings. The maximum absolute atomic E-state index is 2.74. The molecule has 3 aliphatic carbocycles. The topological polar surface area (TPSA) is 0 Å². The summed E-state index contributed by atoms with van der Waals surface area (Å²) in [5.41, 5.74) is 4.41. The fourth-order valence-corrected chi connectivity index (χ4v) is 6.03. The molecule has 0 radical (unpaired) electrons. The number of hydrogen-bond donors (Lipinski definition) is 0. The lowest BCUT2D eigenvalue weighted by atomic mass is 9.76. The molecule has 0 saturated heterocycles. The molecule has 0 aromatic rings. The minimum atomic E-state index is -1.12. The third kappa shape index (κ3) is 3.66. The molecule has 0 amide bonds. The zero-order valence-electron chi connectivity index (χ0n) is 14.3. The van der Waals surface area contributed by atoms with Gasteiger partial charge in [-0.1, -0.05) is 76.0 Å². The van der Waals surface area contributed by atoms with Crippen molar-refractivity contribution in [1.29, 1.82) is 0 Å². The highest BCUT2D eigenvalue weighted by Crippen LogP contribution is 2.45. The van der Waals surface area contributed by atoms with Crippen LogP contribution >= 0.6 is 0 Å². The van der Waals surface area contributed by atoms with Crippen molar-refractivity contribution in [2.75, 3.05) is 0 Å². The highest BCUT2D eigenvalue weighted by molar-refractivity contribution is 6.78. The Balaban J connectivity index is 2.36. The summed E-state index contributed by atoms with van der Waals surface area (Å²) in [5.74, 6) is 1.57. The van der Waals surface area contributed by atoms with Crippen LogP contribution in [-0.4, -0.2) is 8.07 Å². The van der Waals surface area contributed by atoms with E-state index >= 15 is 0 Å². The van der Waals surface area contributed by atoms with E-state index in [0.717, 1.165) is 17.4 Å². The van der Waals surface area contributed by atoms with Crippen molar-refractivity contribution < 1.29 is 0 Å². The van der Waals surface area contributed by atoms with Crippen LogP contribution in [0.15, 0.2) is 23.3 Å². The second-order valence-corrected chi connectivity index (χ2v) is 13.5. The summed E-state index contributed by atoms with van der Waals surface area (Å²) in [5, 5.41) is 0. The Hall–Kier alpha value is -0.303. The third-order valence-electron chi connectivity index (χ3n) is 5.47. The number of fused-ring (bicyclic) bond motifs is 7. The third-order valence-corrected chi connectivity index (χ3v) is 7.88. The van der Waals surface area contributed by atoms with Crippen LogP contribution in [0.1, 0.15) is 58.8 Å². The lowest BCUT2D eigenvalue weighted by Gasteiger charge is -2.38. The quantitative estimate of drug-likeness (QED) is 0.407. The van der Waals surface area contributed by atoms with Crippen LogP contribution in [0.5, 0.6) is 0 Å². The molecular weight excluding hydrogens is 256 g/mol. The van der Waals surface area contributed by atoms with E-state index in [2.05, 4.69) is 45.6 Å². The van der Waals surface area contributed by atoms with E-state index in [1.165, 1.54) is 44.9 Å². The Morgan fingerprint density at radius 3 is 2.15 bits per heavy atom. The lowest BCUT2D eigenvalue weighted by Crippen LogP contribution is -2.32. The van der Waals surface area contributed by atoms with E-state index in [4.69, 9.17) is 0 Å². The molecule has 0 N–H and O–H groups in total. The zero-order valence-corrected chi connectivity index (χ0v) is 15.3. The van der Waals surface area contributed by atoms with E-state index in [1.54, 1.807) is 11.1 Å². The fourth-order valence-electron chi connectivity index (χ4n) is 3.96. The van der Waals surface area contributed by atoms with Crippen LogP contribution in [0.4, 0.5) is 0 Å². The van der Waals surface area contributed by atoms with Crippen molar-refractivity contribution in [1.82, 2.24) is 0 Å². The molecule has 3 atom stereocenters. The largest absolute Gasteiger partial charge is 0.0803 e. The summed E-state index contributed by atoms with van der Waals surface area (Å²) in [6.45, 7) is 12.5. The smallest absolute Gasteiger partial charge is 0.0561 e. The molecule has 0 spiro atoms. The maximum atomic E-state index is 2.74. The molecule has 1 heteroatoms. The molecule has 114 valence electrons. The minimum Gasteiger partial charge on any atom is -0.0803 e. The first-order valence-corrected chi connectivity index (χ1v) is 12.4. The minimum absolute atomic E-state index is 0.751. The van der Waals surface area contributed by atoms with E-state index < -0.39 is 8.07 Å². The van der Waals surface area contributed by atoms with E-state index in [1.807, 2.05) is 0 Å². The Kier molecular flexibility index (Phi) is 5.34. The molecule has 3 rings (SSSR count). The van der Waals surface area contributed by atoms with E-state index in [9.17, 15) is 0 Å². The van der Waals surface area contributed by atoms with Gasteiger partial charge in [0.05, 0.1) is 8.07 Å². The van der Waals surface area contributed by atoms with Gasteiger partial charge in [-0.2, -0.15) is 0 Å². The molecule has 0 fully saturated rings. The average molecular weight is 291 g/mol. The van der Waals surface area contributed by atoms with Crippen molar-refractivity contribution in [2.45, 2.75) is 84.0 Å². The van der Waals surface area contributed by atoms with Crippen molar-refractivity contribution in [3.05, 3.63) is 23.3 Å². The normalized spacial score (nSPS) is 29.6. The van der Waals surface area contributed by atoms with Crippen LogP contribution in [0.2, 0.25) is 25.2 Å². The van der Waals surface area contributed by atoms with Crippen LogP contribution < -0.4 is 0 Å². The average Bonchev–Trinajstić information content (AvgIpc) is 2.42. The van der Waals surface area contributed by atoms with Crippen LogP contribution in [0, 0.1) is 11.8 Å². The number of allylic oxidation sites excluding steroid dienone is 4. The van der Waals surface area contributed by atoms with Gasteiger partial charge in [-0.15, -0.1) is 0 Å². The number of hydrogen-bond acceptors (Lipinski definition) is 0. The SMILES string of the molecule is CCC(C)[C@@H]1C=C2CCCCCCC1=C[C@H]2[Si](C)(C)C. The highest BCUT2D eigenvalue weighted by atomic mass is 28.3. The van der Waals surface area contributed by atoms with Gasteiger partial charge in [0, 0.05) is 5.92 Å². The first-order valence-electron chi connectivity index (χ1n) is 8.84. The predicted molar refractivity (Wildman–Crippen MR) is 93.9 cm³/mol. The van der Waals surface area contributed by atoms with Crippen molar-refractivity contribution in [3.8, 4) is 0 Å². The second kappa shape index (κ2) is 6.64. The summed E-state index contributed by atoms with van der Waals surface area (Å²) in [7, 11) is -1.12. The number of rotatable bonds is 3. The van der Waals surface area contributed by atoms with Crippen LogP contribution in [0.25, 0.3) is 0 Å². The summed E-state index contributed by atoms with van der Waals surface area (Å²) in [6.07, 6.45) is 15.2. The van der Waals surface area contributed by atoms with Gasteiger partial charge >= 0.3 is 0 Å². The molecule has 2 bridgehead atoms. The first-order chi connectivity index (χ1) is 9.43. The van der Waals surface area contributed by atoms with E-state index in [-0.39, 0.29) is 0 Å². The molecule has 20 heavy (non-hydrogen) atoms. The van der Waals surface area contributed by atoms with Gasteiger partial charge in [0.2, 0.25) is 0 Å². The Morgan fingerprint density at radius 1 is 1.00 bits per heavy atom. The molecule has 1 unspecified atom stereocenters. The Bertz CT molecular complexity index is 383. The predicted octanol–water partition coefficient (Wildman–Crippen LogP) is 6.58. The van der Waals surface area contributed by atoms with Crippen molar-refractivity contribution in [3.63, 3.8) is 0 Å². The molecule has 0 aliphatic heterocycles. The van der Waals surface area contributed by atoms with Crippen molar-refractivity contribution in [2.24, 2.45) is 11.8 Å². The van der Waals surface area contributed by atoms with Crippen LogP contribution in [0.3, 0.4) is 0 Å². The van der Waals surface area contributed by atoms with Crippen LogP contribution in [-0.2, 0) is 0 Å². The van der Waals surface area contributed by atoms with Gasteiger partial charge in [-0.05, 0) is 37.1 Å². The van der Waals surface area contributed by atoms with Crippen molar-refractivity contribution >= 4 is 8.07 Å². The van der Waals surface area contributed by atoms with Gasteiger partial charge in [-0.25, -0.2) is 0 Å². The molecular formula is C19H34Si. The molecule has 0 saturated carbocycles. The lowest BCUT2D eigenvalue weighted by molar-refractivity contribution is 0.436. The fraction of sp³-hybridized carbons (Fsp3) is 0.789. The summed E-state index contributed by atoms with van der Waals surface area (Å²) >= 11 is 0. The highest BCUT2D eigenvalue weighted by Gasteiger charge is 2.33. The standard InChI is InChI=1S/C19H34Si/c1-6-15(2)18-13-17-12-10-8-7-9-11-16(18)14-19(17)20(3,4)5/h13-15,18-19H,6-12H2,1-5H3/t15?,18-,19+/m0/s1. The Morgan fingerprint density at radius 2 is 1.60 bits per heavy atom. The molecule has 0 nitrogen and oxygen atoms in total. The maximum Gasteiger partial charge on any atom is 0.0561 e. The van der Waals surface area contributed by atoms with Gasteiger partial charge in [0.15, 0.2) is 0 Å². The first kappa shape index (κ1) is 16.1. The Labute approximate surface area is 127 Å². The summed E-state index contributed by atoms with van der Waals surface area (Å²) in [4.78, 5) is 0. The van der Waals surface area contributed by atoms with Gasteiger partial charge in [0.1, 0.15) is 0 Å². The summed E-state index contributed by atoms with van der Waals surface area (Å²) < 4.78 is 0. The molecule has 0 aromatic carbocycles. The zero-order chi connectivity index (χ0) is 14.8. The van der Waals surface area contributed by atoms with Gasteiger partial charge in [-0.3, -0.25) is 0 Å². The molecule has 0 aromatic heterocycles. The second-order valence-electron chi connectivity index (χ2n) is 8.15.